The molecule has 0 amide bonds. The molecule has 1 aromatic carbocycles. The van der Waals surface area contributed by atoms with E-state index in [-0.39, 0.29) is 6.17 Å². The Morgan fingerprint density at radius 1 is 1.25 bits per heavy atom. The Kier molecular flexibility index (Phi) is 6.49. The number of nitrogen functional groups attached to an aromatic ring is 1. The first-order chi connectivity index (χ1) is 11.3. The van der Waals surface area contributed by atoms with Gasteiger partial charge >= 0.3 is 0 Å². The van der Waals surface area contributed by atoms with Gasteiger partial charge in [-0.2, -0.15) is 0 Å². The number of nitrogens with one attached hydrogen (secondary N) is 1. The van der Waals surface area contributed by atoms with E-state index in [0.29, 0.717) is 12.1 Å². The Morgan fingerprint density at radius 3 is 2.62 bits per heavy atom. The van der Waals surface area contributed by atoms with Crippen LogP contribution in [-0.4, -0.2) is 44.4 Å². The van der Waals surface area contributed by atoms with Gasteiger partial charge in [-0.3, -0.25) is 4.90 Å². The summed E-state index contributed by atoms with van der Waals surface area (Å²) in [6.07, 6.45) is 4.67. The summed E-state index contributed by atoms with van der Waals surface area (Å²) >= 11 is 0. The number of nitrogens with two attached hydrogens (primary N) is 1. The molecule has 24 heavy (non-hydrogen) atoms. The second-order valence-electron chi connectivity index (χ2n) is 8.09. The van der Waals surface area contributed by atoms with Gasteiger partial charge in [0.2, 0.25) is 0 Å². The lowest BCUT2D eigenvalue weighted by Crippen LogP contribution is -2.47. The summed E-state index contributed by atoms with van der Waals surface area (Å²) in [4.78, 5) is 2.46. The van der Waals surface area contributed by atoms with Gasteiger partial charge in [-0.25, -0.2) is 0 Å². The third kappa shape index (κ3) is 5.65. The molecule has 3 N–H and O–H groups in total. The van der Waals surface area contributed by atoms with Crippen LogP contribution < -0.4 is 11.1 Å². The van der Waals surface area contributed by atoms with E-state index < -0.39 is 8.07 Å². The van der Waals surface area contributed by atoms with Crippen LogP contribution in [0.15, 0.2) is 36.4 Å². The maximum Gasteiger partial charge on any atom is 0.0994 e. The standard InChI is InChI=1S/C19H33N3OSi/c1-15(2)22-18(14-23-11-12-24(3,4)5)9-10-19(22)21-17-8-6-7-16(20)13-17/h6-10,13,15,18-19,21H,11-12,14,20H2,1-5H3. The quantitative estimate of drug-likeness (QED) is 0.323. The molecule has 1 aliphatic heterocycles. The number of nitrogens with zero attached hydrogens (tertiary/aromatic N) is 1. The Labute approximate surface area is 148 Å². The average Bonchev–Trinajstić information content (AvgIpc) is 2.85. The first kappa shape index (κ1) is 19.0. The smallest absolute Gasteiger partial charge is 0.0994 e. The molecule has 0 saturated heterocycles. The van der Waals surface area contributed by atoms with Gasteiger partial charge in [0.05, 0.1) is 18.8 Å². The highest BCUT2D eigenvalue weighted by Gasteiger charge is 2.30. The molecule has 0 spiro atoms. The minimum atomic E-state index is -1.02. The van der Waals surface area contributed by atoms with Crippen LogP contribution in [0.3, 0.4) is 0 Å². The Hall–Kier alpha value is -1.30. The molecular formula is C19H33N3OSi. The van der Waals surface area contributed by atoms with E-state index in [1.54, 1.807) is 0 Å². The maximum absolute atomic E-state index is 5.99. The highest BCUT2D eigenvalue weighted by molar-refractivity contribution is 6.76. The van der Waals surface area contributed by atoms with Crippen molar-refractivity contribution in [3.05, 3.63) is 36.4 Å². The zero-order chi connectivity index (χ0) is 17.7. The molecule has 0 fully saturated rings. The van der Waals surface area contributed by atoms with Crippen molar-refractivity contribution in [1.29, 1.82) is 0 Å². The summed E-state index contributed by atoms with van der Waals surface area (Å²) in [6.45, 7) is 13.3. The van der Waals surface area contributed by atoms with Crippen molar-refractivity contribution in [1.82, 2.24) is 4.90 Å². The molecular weight excluding hydrogens is 314 g/mol. The van der Waals surface area contributed by atoms with E-state index in [4.69, 9.17) is 10.5 Å². The topological polar surface area (TPSA) is 50.5 Å². The monoisotopic (exact) mass is 347 g/mol. The SMILES string of the molecule is CC(C)N1C(COCC[Si](C)(C)C)C=CC1Nc1cccc(N)c1. The van der Waals surface area contributed by atoms with Gasteiger partial charge in [0.15, 0.2) is 0 Å². The molecule has 0 aromatic heterocycles. The van der Waals surface area contributed by atoms with Gasteiger partial charge in [-0.1, -0.05) is 31.8 Å². The van der Waals surface area contributed by atoms with E-state index in [1.165, 1.54) is 6.04 Å². The fraction of sp³-hybridized carbons (Fsp3) is 0.579. The molecule has 2 atom stereocenters. The van der Waals surface area contributed by atoms with Gasteiger partial charge in [-0.15, -0.1) is 0 Å². The first-order valence-corrected chi connectivity index (χ1v) is 12.6. The van der Waals surface area contributed by atoms with Crippen LogP contribution in [-0.2, 0) is 4.74 Å². The van der Waals surface area contributed by atoms with Crippen LogP contribution in [0.25, 0.3) is 0 Å². The molecule has 1 heterocycles. The molecule has 0 bridgehead atoms. The predicted molar refractivity (Wildman–Crippen MR) is 107 cm³/mol. The second-order valence-corrected chi connectivity index (χ2v) is 13.7. The van der Waals surface area contributed by atoms with Crippen LogP contribution in [0.5, 0.6) is 0 Å². The average molecular weight is 348 g/mol. The molecule has 0 aliphatic carbocycles. The van der Waals surface area contributed by atoms with Crippen molar-refractivity contribution in [2.75, 3.05) is 24.3 Å². The number of hydrogen-bond acceptors (Lipinski definition) is 4. The number of benzene rings is 1. The summed E-state index contributed by atoms with van der Waals surface area (Å²) in [5, 5.41) is 3.57. The number of anilines is 2. The van der Waals surface area contributed by atoms with Gasteiger partial charge in [0.25, 0.3) is 0 Å². The number of ether oxygens (including phenoxy) is 1. The molecule has 4 nitrogen and oxygen atoms in total. The third-order valence-corrected chi connectivity index (χ3v) is 6.01. The normalized spacial score (nSPS) is 21.6. The predicted octanol–water partition coefficient (Wildman–Crippen LogP) is 4.01. The highest BCUT2D eigenvalue weighted by Crippen LogP contribution is 2.23. The fourth-order valence-corrected chi connectivity index (χ4v) is 3.75. The van der Waals surface area contributed by atoms with Crippen molar-refractivity contribution in [2.24, 2.45) is 0 Å². The summed E-state index contributed by atoms with van der Waals surface area (Å²) in [7, 11) is -1.02. The molecule has 2 rings (SSSR count). The van der Waals surface area contributed by atoms with Crippen LogP contribution >= 0.6 is 0 Å². The number of hydrogen-bond donors (Lipinski definition) is 2. The zero-order valence-electron chi connectivity index (χ0n) is 15.8. The van der Waals surface area contributed by atoms with Gasteiger partial charge < -0.3 is 15.8 Å². The van der Waals surface area contributed by atoms with Crippen LogP contribution in [0.2, 0.25) is 25.7 Å². The largest absolute Gasteiger partial charge is 0.399 e. The Balaban J connectivity index is 1.91. The first-order valence-electron chi connectivity index (χ1n) is 8.92. The molecule has 134 valence electrons. The van der Waals surface area contributed by atoms with E-state index in [9.17, 15) is 0 Å². The molecule has 2 unspecified atom stereocenters. The minimum absolute atomic E-state index is 0.178. The summed E-state index contributed by atoms with van der Waals surface area (Å²) in [5.41, 5.74) is 7.72. The van der Waals surface area contributed by atoms with E-state index >= 15 is 0 Å². The molecule has 0 saturated carbocycles. The molecule has 5 heteroatoms. The maximum atomic E-state index is 5.99. The van der Waals surface area contributed by atoms with Crippen molar-refractivity contribution in [2.45, 2.75) is 57.8 Å². The summed E-state index contributed by atoms with van der Waals surface area (Å²) < 4.78 is 5.99. The summed E-state index contributed by atoms with van der Waals surface area (Å²) in [5.74, 6) is 0. The van der Waals surface area contributed by atoms with Crippen molar-refractivity contribution >= 4 is 19.4 Å². The van der Waals surface area contributed by atoms with Crippen LogP contribution in [0.1, 0.15) is 13.8 Å². The van der Waals surface area contributed by atoms with Crippen LogP contribution in [0.4, 0.5) is 11.4 Å². The van der Waals surface area contributed by atoms with Gasteiger partial charge in [0.1, 0.15) is 0 Å². The van der Waals surface area contributed by atoms with Crippen molar-refractivity contribution < 1.29 is 4.74 Å². The van der Waals surface area contributed by atoms with Gasteiger partial charge in [-0.05, 0) is 44.2 Å². The van der Waals surface area contributed by atoms with Crippen molar-refractivity contribution in [3.8, 4) is 0 Å². The number of rotatable bonds is 8. The molecule has 1 aliphatic rings. The zero-order valence-corrected chi connectivity index (χ0v) is 16.8. The van der Waals surface area contributed by atoms with E-state index in [0.717, 1.165) is 24.6 Å². The van der Waals surface area contributed by atoms with Gasteiger partial charge in [0, 0.05) is 32.1 Å². The second kappa shape index (κ2) is 8.19. The lowest BCUT2D eigenvalue weighted by molar-refractivity contribution is 0.0698. The van der Waals surface area contributed by atoms with E-state index in [1.807, 2.05) is 18.2 Å². The summed E-state index contributed by atoms with van der Waals surface area (Å²) in [6, 6.07) is 9.90. The fourth-order valence-electron chi connectivity index (χ4n) is 2.99. The Bertz CT molecular complexity index is 554. The van der Waals surface area contributed by atoms with Crippen molar-refractivity contribution in [3.63, 3.8) is 0 Å². The highest BCUT2D eigenvalue weighted by atomic mass is 28.3. The third-order valence-electron chi connectivity index (χ3n) is 4.30. The van der Waals surface area contributed by atoms with E-state index in [2.05, 4.69) is 61.9 Å². The minimum Gasteiger partial charge on any atom is -0.399 e. The molecule has 0 radical (unpaired) electrons. The lowest BCUT2D eigenvalue weighted by atomic mass is 10.2. The molecule has 1 aromatic rings. The van der Waals surface area contributed by atoms with Crippen LogP contribution in [0, 0.1) is 0 Å². The Morgan fingerprint density at radius 2 is 2.00 bits per heavy atom. The lowest BCUT2D eigenvalue weighted by Gasteiger charge is -2.34.